The number of carbonyl (C=O) groups is 1. The fraction of sp³-hybridized carbons (Fsp3) is 0.111. The largest absolute Gasteiger partial charge is 0.288 e. The van der Waals surface area contributed by atoms with Crippen LogP contribution in [0.3, 0.4) is 0 Å². The van der Waals surface area contributed by atoms with Crippen molar-refractivity contribution in [2.24, 2.45) is 7.05 Å². The number of aromatic nitrogens is 4. The number of amides is 1. The predicted molar refractivity (Wildman–Crippen MR) is 64.9 cm³/mol. The quantitative estimate of drug-likeness (QED) is 0.664. The molecule has 0 saturated carbocycles. The van der Waals surface area contributed by atoms with Crippen LogP contribution in [0.15, 0.2) is 18.2 Å². The van der Waals surface area contributed by atoms with Crippen LogP contribution in [0.1, 0.15) is 10.4 Å². The third kappa shape index (κ3) is 2.65. The number of nitro benzene ring substituents is 1. The van der Waals surface area contributed by atoms with Gasteiger partial charge in [-0.1, -0.05) is 22.8 Å². The lowest BCUT2D eigenvalue weighted by Crippen LogP contribution is -2.14. The highest BCUT2D eigenvalue weighted by molar-refractivity contribution is 6.36. The molecule has 1 heterocycles. The van der Waals surface area contributed by atoms with Gasteiger partial charge in [0.15, 0.2) is 0 Å². The van der Waals surface area contributed by atoms with E-state index in [0.717, 1.165) is 4.80 Å². The van der Waals surface area contributed by atoms with E-state index in [1.807, 2.05) is 0 Å². The Kier molecular flexibility index (Phi) is 3.38. The van der Waals surface area contributed by atoms with E-state index >= 15 is 0 Å². The molecule has 1 aromatic carbocycles. The molecule has 0 unspecified atom stereocenters. The predicted octanol–water partition coefficient (Wildman–Crippen LogP) is 1.02. The Bertz CT molecular complexity index is 655. The van der Waals surface area contributed by atoms with Crippen molar-refractivity contribution < 1.29 is 9.72 Å². The van der Waals surface area contributed by atoms with Crippen LogP contribution in [0.25, 0.3) is 0 Å². The maximum Gasteiger partial charge on any atom is 0.288 e. The monoisotopic (exact) mass is 282 g/mol. The smallest absolute Gasteiger partial charge is 0.288 e. The van der Waals surface area contributed by atoms with Gasteiger partial charge >= 0.3 is 0 Å². The first-order valence-corrected chi connectivity index (χ1v) is 5.35. The zero-order valence-electron chi connectivity index (χ0n) is 9.57. The van der Waals surface area contributed by atoms with E-state index in [1.54, 1.807) is 0 Å². The molecule has 0 bridgehead atoms. The van der Waals surface area contributed by atoms with E-state index in [1.165, 1.54) is 25.2 Å². The number of tetrazole rings is 1. The molecule has 0 saturated heterocycles. The van der Waals surface area contributed by atoms with E-state index in [2.05, 4.69) is 20.7 Å². The third-order valence-electron chi connectivity index (χ3n) is 2.15. The van der Waals surface area contributed by atoms with Gasteiger partial charge in [0.05, 0.1) is 17.5 Å². The molecular formula is C9H7ClN6O3. The van der Waals surface area contributed by atoms with E-state index < -0.39 is 10.8 Å². The van der Waals surface area contributed by atoms with Gasteiger partial charge in [0.1, 0.15) is 5.02 Å². The van der Waals surface area contributed by atoms with Gasteiger partial charge in [-0.15, -0.1) is 5.10 Å². The Hall–Kier alpha value is -2.55. The number of hydrogen-bond acceptors (Lipinski definition) is 6. The normalized spacial score (nSPS) is 10.2. The fourth-order valence-electron chi connectivity index (χ4n) is 1.34. The second-order valence-corrected chi connectivity index (χ2v) is 3.83. The number of aryl methyl sites for hydroxylation is 1. The van der Waals surface area contributed by atoms with Gasteiger partial charge in [-0.3, -0.25) is 20.2 Å². The Balaban J connectivity index is 2.29. The molecule has 0 atom stereocenters. The van der Waals surface area contributed by atoms with Gasteiger partial charge < -0.3 is 0 Å². The molecule has 9 nitrogen and oxygen atoms in total. The maximum absolute atomic E-state index is 11.9. The minimum atomic E-state index is -0.667. The molecule has 19 heavy (non-hydrogen) atoms. The zero-order chi connectivity index (χ0) is 14.0. The van der Waals surface area contributed by atoms with Crippen LogP contribution in [0.2, 0.25) is 5.02 Å². The summed E-state index contributed by atoms with van der Waals surface area (Å²) in [6.45, 7) is 0. The van der Waals surface area contributed by atoms with Crippen LogP contribution >= 0.6 is 11.6 Å². The fourth-order valence-corrected chi connectivity index (χ4v) is 1.62. The van der Waals surface area contributed by atoms with E-state index in [9.17, 15) is 14.9 Å². The zero-order valence-corrected chi connectivity index (χ0v) is 10.3. The second kappa shape index (κ2) is 4.98. The van der Waals surface area contributed by atoms with E-state index in [-0.39, 0.29) is 22.2 Å². The maximum atomic E-state index is 11.9. The minimum Gasteiger partial charge on any atom is -0.288 e. The SMILES string of the molecule is Cn1nnc(NC(=O)c2cccc([N+](=O)[O-])c2Cl)n1. The highest BCUT2D eigenvalue weighted by atomic mass is 35.5. The van der Waals surface area contributed by atoms with Crippen molar-refractivity contribution in [2.45, 2.75) is 0 Å². The van der Waals surface area contributed by atoms with Crippen molar-refractivity contribution in [3.63, 3.8) is 0 Å². The summed E-state index contributed by atoms with van der Waals surface area (Å²) in [5.41, 5.74) is -0.384. The van der Waals surface area contributed by atoms with Gasteiger partial charge in [0.25, 0.3) is 17.5 Å². The summed E-state index contributed by atoms with van der Waals surface area (Å²) in [5.74, 6) is -0.670. The van der Waals surface area contributed by atoms with Crippen molar-refractivity contribution in [3.05, 3.63) is 38.9 Å². The molecule has 0 aliphatic carbocycles. The molecule has 1 N–H and O–H groups in total. The summed E-state index contributed by atoms with van der Waals surface area (Å²) < 4.78 is 0. The molecule has 2 aromatic rings. The molecule has 98 valence electrons. The van der Waals surface area contributed by atoms with Crippen LogP contribution in [-0.4, -0.2) is 31.0 Å². The second-order valence-electron chi connectivity index (χ2n) is 3.45. The van der Waals surface area contributed by atoms with Crippen LogP contribution in [0.5, 0.6) is 0 Å². The molecule has 0 aliphatic rings. The molecule has 10 heteroatoms. The van der Waals surface area contributed by atoms with Gasteiger partial charge in [-0.2, -0.15) is 4.80 Å². The number of nitro groups is 1. The number of rotatable bonds is 3. The number of nitrogens with one attached hydrogen (secondary N) is 1. The summed E-state index contributed by atoms with van der Waals surface area (Å²) >= 11 is 5.81. The van der Waals surface area contributed by atoms with Gasteiger partial charge in [0, 0.05) is 6.07 Å². The van der Waals surface area contributed by atoms with Crippen molar-refractivity contribution in [3.8, 4) is 0 Å². The summed E-state index contributed by atoms with van der Waals surface area (Å²) in [6.07, 6.45) is 0. The highest BCUT2D eigenvalue weighted by Gasteiger charge is 2.20. The highest BCUT2D eigenvalue weighted by Crippen LogP contribution is 2.27. The van der Waals surface area contributed by atoms with Crippen LogP contribution in [-0.2, 0) is 7.05 Å². The number of benzene rings is 1. The Labute approximate surface area is 111 Å². The van der Waals surface area contributed by atoms with Crippen LogP contribution < -0.4 is 5.32 Å². The first-order valence-electron chi connectivity index (χ1n) is 4.97. The van der Waals surface area contributed by atoms with Crippen LogP contribution in [0, 0.1) is 10.1 Å². The summed E-state index contributed by atoms with van der Waals surface area (Å²) in [5, 5.41) is 23.6. The van der Waals surface area contributed by atoms with Crippen LogP contribution in [0.4, 0.5) is 11.6 Å². The minimum absolute atomic E-state index is 0.0185. The van der Waals surface area contributed by atoms with E-state index in [0.29, 0.717) is 0 Å². The summed E-state index contributed by atoms with van der Waals surface area (Å²) in [7, 11) is 1.53. The standard InChI is InChI=1S/C9H7ClN6O3/c1-15-13-9(12-14-15)11-8(17)5-3-2-4-6(7(5)10)16(18)19/h2-4H,1H3,(H,11,13,17). The summed E-state index contributed by atoms with van der Waals surface area (Å²) in [4.78, 5) is 23.1. The van der Waals surface area contributed by atoms with Crippen molar-refractivity contribution in [2.75, 3.05) is 5.32 Å². The summed E-state index contributed by atoms with van der Waals surface area (Å²) in [6, 6.07) is 3.93. The number of nitrogens with zero attached hydrogens (tertiary/aromatic N) is 5. The number of hydrogen-bond donors (Lipinski definition) is 1. The molecule has 1 aromatic heterocycles. The van der Waals surface area contributed by atoms with Gasteiger partial charge in [0.2, 0.25) is 0 Å². The van der Waals surface area contributed by atoms with Crippen molar-refractivity contribution in [1.82, 2.24) is 20.2 Å². The number of halogens is 1. The van der Waals surface area contributed by atoms with Crippen molar-refractivity contribution in [1.29, 1.82) is 0 Å². The lowest BCUT2D eigenvalue weighted by Gasteiger charge is -2.03. The molecule has 0 radical (unpaired) electrons. The lowest BCUT2D eigenvalue weighted by atomic mass is 10.2. The molecule has 2 rings (SSSR count). The van der Waals surface area contributed by atoms with Crippen molar-refractivity contribution >= 4 is 29.1 Å². The number of anilines is 1. The average Bonchev–Trinajstić information content (AvgIpc) is 2.74. The molecule has 0 fully saturated rings. The van der Waals surface area contributed by atoms with Gasteiger partial charge in [-0.25, -0.2) is 0 Å². The molecule has 1 amide bonds. The Morgan fingerprint density at radius 3 is 2.84 bits per heavy atom. The first-order chi connectivity index (χ1) is 8.99. The first kappa shape index (κ1) is 12.9. The number of carbonyl (C=O) groups excluding carboxylic acids is 1. The molecular weight excluding hydrogens is 276 g/mol. The van der Waals surface area contributed by atoms with Gasteiger partial charge in [-0.05, 0) is 11.3 Å². The Morgan fingerprint density at radius 1 is 1.53 bits per heavy atom. The molecule has 0 spiro atoms. The topological polar surface area (TPSA) is 116 Å². The average molecular weight is 283 g/mol. The Morgan fingerprint density at radius 2 is 2.26 bits per heavy atom. The van der Waals surface area contributed by atoms with E-state index in [4.69, 9.17) is 11.6 Å². The third-order valence-corrected chi connectivity index (χ3v) is 2.55. The molecule has 0 aliphatic heterocycles. The lowest BCUT2D eigenvalue weighted by molar-refractivity contribution is -0.384.